The summed E-state index contributed by atoms with van der Waals surface area (Å²) in [5.41, 5.74) is 0. The largest absolute Gasteiger partial charge is 0.484 e. The van der Waals surface area contributed by atoms with Crippen LogP contribution >= 0.6 is 15.9 Å². The molecule has 0 saturated heterocycles. The highest BCUT2D eigenvalue weighted by molar-refractivity contribution is 9.10. The molecule has 1 atom stereocenters. The van der Waals surface area contributed by atoms with E-state index in [1.165, 1.54) is 0 Å². The van der Waals surface area contributed by atoms with Gasteiger partial charge in [-0.15, -0.1) is 0 Å². The third-order valence-electron chi connectivity index (χ3n) is 2.20. The van der Waals surface area contributed by atoms with Gasteiger partial charge in [-0.25, -0.2) is 4.79 Å². The average molecular weight is 330 g/mol. The van der Waals surface area contributed by atoms with Crippen LogP contribution in [-0.2, 0) is 14.3 Å². The molecule has 0 bridgehead atoms. The lowest BCUT2D eigenvalue weighted by atomic mass is 10.3. The first-order chi connectivity index (χ1) is 9.02. The van der Waals surface area contributed by atoms with Crippen LogP contribution in [0.25, 0.3) is 0 Å². The minimum Gasteiger partial charge on any atom is -0.484 e. The van der Waals surface area contributed by atoms with E-state index in [2.05, 4.69) is 21.2 Å². The molecule has 0 spiro atoms. The van der Waals surface area contributed by atoms with Gasteiger partial charge < -0.3 is 14.8 Å². The Hall–Kier alpha value is -1.56. The predicted octanol–water partition coefficient (Wildman–Crippen LogP) is 1.90. The normalized spacial score (nSPS) is 11.5. The van der Waals surface area contributed by atoms with Gasteiger partial charge in [-0.3, -0.25) is 4.79 Å². The van der Waals surface area contributed by atoms with Crippen molar-refractivity contribution in [3.8, 4) is 5.75 Å². The molecule has 19 heavy (non-hydrogen) atoms. The number of benzene rings is 1. The molecule has 1 aromatic rings. The minimum atomic E-state index is -0.680. The van der Waals surface area contributed by atoms with Crippen LogP contribution in [-0.4, -0.2) is 31.1 Å². The van der Waals surface area contributed by atoms with E-state index >= 15 is 0 Å². The molecular formula is C13H16BrNO4. The molecule has 0 aliphatic rings. The van der Waals surface area contributed by atoms with Crippen molar-refractivity contribution >= 4 is 27.8 Å². The summed E-state index contributed by atoms with van der Waals surface area (Å²) in [6.45, 7) is 3.42. The highest BCUT2D eigenvalue weighted by Crippen LogP contribution is 2.15. The van der Waals surface area contributed by atoms with E-state index in [-0.39, 0.29) is 19.1 Å². The fourth-order valence-corrected chi connectivity index (χ4v) is 1.55. The molecule has 6 heteroatoms. The molecule has 0 radical (unpaired) electrons. The summed E-state index contributed by atoms with van der Waals surface area (Å²) in [6, 6.07) is 6.43. The van der Waals surface area contributed by atoms with Crippen molar-refractivity contribution < 1.29 is 19.1 Å². The van der Waals surface area contributed by atoms with Gasteiger partial charge in [0.25, 0.3) is 5.91 Å². The van der Waals surface area contributed by atoms with E-state index in [0.29, 0.717) is 5.75 Å². The standard InChI is InChI=1S/C13H16BrNO4/c1-3-18-13(17)9(2)15-12(16)8-19-11-6-4-10(14)5-7-11/h4-7,9H,3,8H2,1-2H3,(H,15,16)/t9-/m1/s1. The molecule has 0 unspecified atom stereocenters. The molecule has 104 valence electrons. The van der Waals surface area contributed by atoms with E-state index in [0.717, 1.165) is 4.47 Å². The van der Waals surface area contributed by atoms with Crippen molar-refractivity contribution in [1.82, 2.24) is 5.32 Å². The first-order valence-corrected chi connectivity index (χ1v) is 6.66. The lowest BCUT2D eigenvalue weighted by Gasteiger charge is -2.13. The zero-order valence-electron chi connectivity index (χ0n) is 10.8. The van der Waals surface area contributed by atoms with Gasteiger partial charge in [-0.2, -0.15) is 0 Å². The third-order valence-corrected chi connectivity index (χ3v) is 2.73. The van der Waals surface area contributed by atoms with Crippen LogP contribution < -0.4 is 10.1 Å². The quantitative estimate of drug-likeness (QED) is 0.809. The molecule has 0 heterocycles. The van der Waals surface area contributed by atoms with Crippen LogP contribution in [0.3, 0.4) is 0 Å². The Bertz CT molecular complexity index is 433. The number of ether oxygens (including phenoxy) is 2. The molecule has 1 aromatic carbocycles. The zero-order valence-corrected chi connectivity index (χ0v) is 12.4. The summed E-state index contributed by atoms with van der Waals surface area (Å²) < 4.78 is 11.0. The monoisotopic (exact) mass is 329 g/mol. The highest BCUT2D eigenvalue weighted by Gasteiger charge is 2.16. The second kappa shape index (κ2) is 7.78. The maximum Gasteiger partial charge on any atom is 0.328 e. The van der Waals surface area contributed by atoms with Gasteiger partial charge in [0.05, 0.1) is 6.61 Å². The van der Waals surface area contributed by atoms with Crippen molar-refractivity contribution in [3.63, 3.8) is 0 Å². The first-order valence-electron chi connectivity index (χ1n) is 5.87. The van der Waals surface area contributed by atoms with Crippen LogP contribution in [0.2, 0.25) is 0 Å². The summed E-state index contributed by atoms with van der Waals surface area (Å²) >= 11 is 3.30. The Labute approximate surface area is 120 Å². The van der Waals surface area contributed by atoms with Gasteiger partial charge in [-0.1, -0.05) is 15.9 Å². The van der Waals surface area contributed by atoms with Crippen LogP contribution in [0.4, 0.5) is 0 Å². The summed E-state index contributed by atoms with van der Waals surface area (Å²) in [4.78, 5) is 22.9. The smallest absolute Gasteiger partial charge is 0.328 e. The molecule has 0 aromatic heterocycles. The van der Waals surface area contributed by atoms with Gasteiger partial charge in [0.1, 0.15) is 11.8 Å². The summed E-state index contributed by atoms with van der Waals surface area (Å²) in [5.74, 6) is -0.245. The average Bonchev–Trinajstić information content (AvgIpc) is 2.38. The summed E-state index contributed by atoms with van der Waals surface area (Å²) in [7, 11) is 0. The molecule has 0 aliphatic carbocycles. The Morgan fingerprint density at radius 1 is 1.32 bits per heavy atom. The molecule has 0 fully saturated rings. The fraction of sp³-hybridized carbons (Fsp3) is 0.385. The Morgan fingerprint density at radius 2 is 1.95 bits per heavy atom. The Balaban J connectivity index is 2.35. The van der Waals surface area contributed by atoms with Crippen molar-refractivity contribution in [1.29, 1.82) is 0 Å². The van der Waals surface area contributed by atoms with E-state index in [9.17, 15) is 9.59 Å². The lowest BCUT2D eigenvalue weighted by molar-refractivity contribution is -0.147. The number of halogens is 1. The predicted molar refractivity (Wildman–Crippen MR) is 73.9 cm³/mol. The van der Waals surface area contributed by atoms with Crippen molar-refractivity contribution in [2.75, 3.05) is 13.2 Å². The van der Waals surface area contributed by atoms with Gasteiger partial charge in [0.15, 0.2) is 6.61 Å². The SMILES string of the molecule is CCOC(=O)[C@@H](C)NC(=O)COc1ccc(Br)cc1. The van der Waals surface area contributed by atoms with Crippen LogP contribution in [0.5, 0.6) is 5.75 Å². The van der Waals surface area contributed by atoms with E-state index < -0.39 is 12.0 Å². The molecule has 1 N–H and O–H groups in total. The number of hydrogen-bond donors (Lipinski definition) is 1. The number of nitrogens with one attached hydrogen (secondary N) is 1. The van der Waals surface area contributed by atoms with Crippen molar-refractivity contribution in [2.45, 2.75) is 19.9 Å². The first kappa shape index (κ1) is 15.5. The van der Waals surface area contributed by atoms with Gasteiger partial charge in [0.2, 0.25) is 0 Å². The topological polar surface area (TPSA) is 64.6 Å². The van der Waals surface area contributed by atoms with Gasteiger partial charge in [-0.05, 0) is 38.1 Å². The maximum atomic E-state index is 11.5. The maximum absolute atomic E-state index is 11.5. The van der Waals surface area contributed by atoms with Crippen molar-refractivity contribution in [2.24, 2.45) is 0 Å². The van der Waals surface area contributed by atoms with Crippen LogP contribution in [0.15, 0.2) is 28.7 Å². The number of rotatable bonds is 6. The second-order valence-electron chi connectivity index (χ2n) is 3.78. The summed E-state index contributed by atoms with van der Waals surface area (Å²) in [6.07, 6.45) is 0. The Kier molecular flexibility index (Phi) is 6.35. The number of carbonyl (C=O) groups excluding carboxylic acids is 2. The highest BCUT2D eigenvalue weighted by atomic mass is 79.9. The Morgan fingerprint density at radius 3 is 2.53 bits per heavy atom. The minimum absolute atomic E-state index is 0.147. The van der Waals surface area contributed by atoms with Crippen LogP contribution in [0.1, 0.15) is 13.8 Å². The van der Waals surface area contributed by atoms with Crippen LogP contribution in [0, 0.1) is 0 Å². The molecule has 1 amide bonds. The third kappa shape index (κ3) is 5.74. The molecule has 0 saturated carbocycles. The number of carbonyl (C=O) groups is 2. The van der Waals surface area contributed by atoms with E-state index in [1.807, 2.05) is 12.1 Å². The van der Waals surface area contributed by atoms with Gasteiger partial charge >= 0.3 is 5.97 Å². The lowest BCUT2D eigenvalue weighted by Crippen LogP contribution is -2.41. The van der Waals surface area contributed by atoms with Crippen molar-refractivity contribution in [3.05, 3.63) is 28.7 Å². The van der Waals surface area contributed by atoms with E-state index in [4.69, 9.17) is 9.47 Å². The van der Waals surface area contributed by atoms with E-state index in [1.54, 1.807) is 26.0 Å². The molecular weight excluding hydrogens is 314 g/mol. The fourth-order valence-electron chi connectivity index (χ4n) is 1.29. The molecule has 1 rings (SSSR count). The second-order valence-corrected chi connectivity index (χ2v) is 4.70. The van der Waals surface area contributed by atoms with Gasteiger partial charge in [0, 0.05) is 4.47 Å². The number of hydrogen-bond acceptors (Lipinski definition) is 4. The number of amides is 1. The summed E-state index contributed by atoms with van der Waals surface area (Å²) in [5, 5.41) is 2.50. The molecule has 0 aliphatic heterocycles. The molecule has 5 nitrogen and oxygen atoms in total. The number of esters is 1. The zero-order chi connectivity index (χ0) is 14.3.